The summed E-state index contributed by atoms with van der Waals surface area (Å²) in [5, 5.41) is 0. The summed E-state index contributed by atoms with van der Waals surface area (Å²) in [6.45, 7) is 2.01. The lowest BCUT2D eigenvalue weighted by atomic mass is 10.7. The van der Waals surface area contributed by atoms with E-state index in [0.29, 0.717) is 6.61 Å². The second-order valence-corrected chi connectivity index (χ2v) is 3.55. The fourth-order valence-corrected chi connectivity index (χ4v) is 1.53. The number of rotatable bonds is 4. The zero-order valence-corrected chi connectivity index (χ0v) is 8.85. The molecule has 0 saturated carbocycles. The number of hydrogen-bond acceptors (Lipinski definition) is 5. The quantitative estimate of drug-likeness (QED) is 0.548. The Morgan fingerprint density at radius 2 is 2.27 bits per heavy atom. The molecule has 0 spiro atoms. The molecule has 0 aromatic carbocycles. The second kappa shape index (κ2) is 5.40. The molecule has 7 heteroatoms. The molecule has 15 heavy (non-hydrogen) atoms. The van der Waals surface area contributed by atoms with E-state index in [2.05, 4.69) is 14.7 Å². The van der Waals surface area contributed by atoms with Gasteiger partial charge in [0.05, 0.1) is 17.3 Å². The Hall–Kier alpha value is -1.50. The third kappa shape index (κ3) is 3.62. The topological polar surface area (TPSA) is 92.0 Å². The summed E-state index contributed by atoms with van der Waals surface area (Å²) in [6, 6.07) is 0. The van der Waals surface area contributed by atoms with Gasteiger partial charge in [-0.25, -0.2) is 4.79 Å². The second-order valence-electron chi connectivity index (χ2n) is 2.53. The molecule has 1 rings (SSSR count). The predicted molar refractivity (Wildman–Crippen MR) is 55.0 cm³/mol. The van der Waals surface area contributed by atoms with Crippen LogP contribution in [-0.4, -0.2) is 28.3 Å². The normalized spacial score (nSPS) is 9.93. The van der Waals surface area contributed by atoms with Crippen LogP contribution < -0.4 is 11.2 Å². The molecule has 82 valence electrons. The third-order valence-corrected chi connectivity index (χ3v) is 2.43. The maximum absolute atomic E-state index is 11.2. The molecule has 0 aliphatic heterocycles. The van der Waals surface area contributed by atoms with Gasteiger partial charge in [0.2, 0.25) is 0 Å². The summed E-state index contributed by atoms with van der Waals surface area (Å²) in [5.74, 6) is -0.351. The minimum absolute atomic E-state index is 0.0446. The van der Waals surface area contributed by atoms with E-state index < -0.39 is 17.2 Å². The molecule has 0 unspecified atom stereocenters. The van der Waals surface area contributed by atoms with Gasteiger partial charge in [0.25, 0.3) is 5.56 Å². The van der Waals surface area contributed by atoms with E-state index in [-0.39, 0.29) is 10.6 Å². The van der Waals surface area contributed by atoms with Crippen molar-refractivity contribution in [3.05, 3.63) is 27.0 Å². The van der Waals surface area contributed by atoms with Crippen molar-refractivity contribution in [1.29, 1.82) is 0 Å². The summed E-state index contributed by atoms with van der Waals surface area (Å²) < 4.78 is 4.68. The van der Waals surface area contributed by atoms with Crippen LogP contribution in [0, 0.1) is 0 Å². The fourth-order valence-electron chi connectivity index (χ4n) is 0.844. The molecule has 0 saturated heterocycles. The van der Waals surface area contributed by atoms with E-state index >= 15 is 0 Å². The molecule has 0 aliphatic rings. The fraction of sp³-hybridized carbons (Fsp3) is 0.375. The van der Waals surface area contributed by atoms with E-state index in [1.807, 2.05) is 0 Å². The van der Waals surface area contributed by atoms with E-state index in [0.717, 1.165) is 11.8 Å². The number of esters is 1. The van der Waals surface area contributed by atoms with E-state index in [1.54, 1.807) is 6.92 Å². The molecular weight excluding hydrogens is 220 g/mol. The molecule has 1 heterocycles. The van der Waals surface area contributed by atoms with E-state index in [4.69, 9.17) is 0 Å². The van der Waals surface area contributed by atoms with Gasteiger partial charge in [-0.15, -0.1) is 11.8 Å². The molecule has 0 aliphatic carbocycles. The van der Waals surface area contributed by atoms with Crippen LogP contribution in [-0.2, 0) is 9.53 Å². The lowest BCUT2D eigenvalue weighted by molar-refractivity contribution is -0.139. The first-order valence-corrected chi connectivity index (χ1v) is 5.22. The Labute approximate surface area is 89.1 Å². The van der Waals surface area contributed by atoms with Crippen molar-refractivity contribution in [3.63, 3.8) is 0 Å². The number of thioether (sulfide) groups is 1. The van der Waals surface area contributed by atoms with Gasteiger partial charge >= 0.3 is 11.7 Å². The largest absolute Gasteiger partial charge is 0.465 e. The Morgan fingerprint density at radius 1 is 1.53 bits per heavy atom. The Morgan fingerprint density at radius 3 is 2.87 bits per heavy atom. The van der Waals surface area contributed by atoms with Crippen LogP contribution in [0.25, 0.3) is 0 Å². The summed E-state index contributed by atoms with van der Waals surface area (Å²) in [4.78, 5) is 37.4. The molecule has 6 nitrogen and oxygen atoms in total. The average Bonchev–Trinajstić information content (AvgIpc) is 2.17. The van der Waals surface area contributed by atoms with Crippen LogP contribution in [0.4, 0.5) is 0 Å². The number of carbonyl (C=O) groups excluding carboxylic acids is 1. The number of H-pyrrole nitrogens is 2. The molecule has 1 aromatic rings. The molecule has 0 bridgehead atoms. The lowest BCUT2D eigenvalue weighted by Gasteiger charge is -2.00. The van der Waals surface area contributed by atoms with Crippen LogP contribution in [0.15, 0.2) is 20.7 Å². The molecule has 0 amide bonds. The zero-order valence-electron chi connectivity index (χ0n) is 8.03. The van der Waals surface area contributed by atoms with Crippen molar-refractivity contribution >= 4 is 17.7 Å². The number of hydrogen-bond donors (Lipinski definition) is 2. The minimum atomic E-state index is -0.569. The molecule has 2 N–H and O–H groups in total. The minimum Gasteiger partial charge on any atom is -0.465 e. The monoisotopic (exact) mass is 230 g/mol. The molecule has 0 fully saturated rings. The van der Waals surface area contributed by atoms with Crippen molar-refractivity contribution in [2.45, 2.75) is 11.8 Å². The highest BCUT2D eigenvalue weighted by Crippen LogP contribution is 2.10. The first kappa shape index (κ1) is 11.6. The van der Waals surface area contributed by atoms with Crippen molar-refractivity contribution in [2.24, 2.45) is 0 Å². The summed E-state index contributed by atoms with van der Waals surface area (Å²) in [5.41, 5.74) is -1.08. The highest BCUT2D eigenvalue weighted by atomic mass is 32.2. The van der Waals surface area contributed by atoms with E-state index in [9.17, 15) is 14.4 Å². The number of ether oxygens (including phenoxy) is 1. The Bertz CT molecular complexity index is 450. The maximum atomic E-state index is 11.2. The zero-order chi connectivity index (χ0) is 11.3. The van der Waals surface area contributed by atoms with Gasteiger partial charge < -0.3 is 9.72 Å². The van der Waals surface area contributed by atoms with E-state index in [1.165, 1.54) is 6.20 Å². The molecule has 0 atom stereocenters. The highest BCUT2D eigenvalue weighted by Gasteiger charge is 2.06. The molecular formula is C8H10N2O4S. The van der Waals surface area contributed by atoms with Crippen LogP contribution in [0.5, 0.6) is 0 Å². The lowest BCUT2D eigenvalue weighted by Crippen LogP contribution is -2.22. The smallest absolute Gasteiger partial charge is 0.325 e. The van der Waals surface area contributed by atoms with Gasteiger partial charge in [0.1, 0.15) is 0 Å². The van der Waals surface area contributed by atoms with Gasteiger partial charge in [0.15, 0.2) is 0 Å². The molecule has 0 radical (unpaired) electrons. The summed E-state index contributed by atoms with van der Waals surface area (Å²) in [6.07, 6.45) is 1.27. The maximum Gasteiger partial charge on any atom is 0.325 e. The number of nitrogens with one attached hydrogen (secondary N) is 2. The Kier molecular flexibility index (Phi) is 4.17. The van der Waals surface area contributed by atoms with Gasteiger partial charge in [-0.3, -0.25) is 14.6 Å². The van der Waals surface area contributed by atoms with Gasteiger partial charge in [-0.2, -0.15) is 0 Å². The van der Waals surface area contributed by atoms with Gasteiger partial charge in [0, 0.05) is 6.20 Å². The van der Waals surface area contributed by atoms with Crippen molar-refractivity contribution in [2.75, 3.05) is 12.4 Å². The number of aromatic nitrogens is 2. The van der Waals surface area contributed by atoms with Crippen LogP contribution in [0.3, 0.4) is 0 Å². The van der Waals surface area contributed by atoms with Crippen molar-refractivity contribution in [3.8, 4) is 0 Å². The first-order chi connectivity index (χ1) is 7.13. The molecule has 1 aromatic heterocycles. The van der Waals surface area contributed by atoms with Gasteiger partial charge in [-0.1, -0.05) is 0 Å². The third-order valence-electron chi connectivity index (χ3n) is 1.44. The number of aromatic amines is 2. The average molecular weight is 230 g/mol. The highest BCUT2D eigenvalue weighted by molar-refractivity contribution is 8.00. The van der Waals surface area contributed by atoms with Crippen molar-refractivity contribution in [1.82, 2.24) is 9.97 Å². The van der Waals surface area contributed by atoms with Gasteiger partial charge in [-0.05, 0) is 6.92 Å². The standard InChI is InChI=1S/C8H10N2O4S/c1-2-14-6(11)4-15-5-3-9-8(13)10-7(5)12/h3H,2,4H2,1H3,(H2,9,10,12,13). The number of carbonyl (C=O) groups is 1. The van der Waals surface area contributed by atoms with Crippen LogP contribution in [0.1, 0.15) is 6.92 Å². The van der Waals surface area contributed by atoms with Crippen LogP contribution >= 0.6 is 11.8 Å². The van der Waals surface area contributed by atoms with Crippen LogP contribution in [0.2, 0.25) is 0 Å². The summed E-state index contributed by atoms with van der Waals surface area (Å²) in [7, 11) is 0. The Balaban J connectivity index is 2.62. The predicted octanol–water partition coefficient (Wildman–Crippen LogP) is -0.282. The van der Waals surface area contributed by atoms with Crippen molar-refractivity contribution < 1.29 is 9.53 Å². The summed E-state index contributed by atoms with van der Waals surface area (Å²) >= 11 is 1.02. The SMILES string of the molecule is CCOC(=O)CSc1c[nH]c(=O)[nH]c1=O. The first-order valence-electron chi connectivity index (χ1n) is 4.24.